The summed E-state index contributed by atoms with van der Waals surface area (Å²) in [6.07, 6.45) is 2.03. The molecule has 0 aliphatic carbocycles. The summed E-state index contributed by atoms with van der Waals surface area (Å²) in [5.41, 5.74) is 3.33. The summed E-state index contributed by atoms with van der Waals surface area (Å²) < 4.78 is 0. The minimum atomic E-state index is 1.02. The van der Waals surface area contributed by atoms with Gasteiger partial charge in [0.25, 0.3) is 0 Å². The SMILES string of the molecule is C=C(C)C(=C)C=C(C)C. The van der Waals surface area contributed by atoms with Gasteiger partial charge in [-0.05, 0) is 26.3 Å². The molecule has 0 aliphatic heterocycles. The van der Waals surface area contributed by atoms with E-state index in [1.807, 2.05) is 26.8 Å². The van der Waals surface area contributed by atoms with Crippen LogP contribution in [0.1, 0.15) is 20.8 Å². The fourth-order valence-electron chi connectivity index (χ4n) is 0.472. The minimum absolute atomic E-state index is 1.02. The highest BCUT2D eigenvalue weighted by Gasteiger charge is 1.86. The normalized spacial score (nSPS) is 8.33. The van der Waals surface area contributed by atoms with Crippen LogP contribution in [0.2, 0.25) is 0 Å². The van der Waals surface area contributed by atoms with Gasteiger partial charge in [0.15, 0.2) is 0 Å². The first-order valence-corrected chi connectivity index (χ1v) is 3.03. The topological polar surface area (TPSA) is 0 Å². The van der Waals surface area contributed by atoms with Crippen molar-refractivity contribution in [2.75, 3.05) is 0 Å². The van der Waals surface area contributed by atoms with Crippen LogP contribution in [0.4, 0.5) is 0 Å². The molecular formula is C9H14. The summed E-state index contributed by atoms with van der Waals surface area (Å²) in [5.74, 6) is 0. The third-order valence-electron chi connectivity index (χ3n) is 1.01. The number of hydrogen-bond acceptors (Lipinski definition) is 0. The Morgan fingerprint density at radius 3 is 1.67 bits per heavy atom. The summed E-state index contributed by atoms with van der Waals surface area (Å²) in [5, 5.41) is 0. The summed E-state index contributed by atoms with van der Waals surface area (Å²) >= 11 is 0. The van der Waals surface area contributed by atoms with E-state index < -0.39 is 0 Å². The molecule has 0 aromatic carbocycles. The second-order valence-corrected chi connectivity index (χ2v) is 2.53. The molecule has 0 heteroatoms. The Labute approximate surface area is 57.6 Å². The molecule has 0 fully saturated rings. The van der Waals surface area contributed by atoms with Crippen molar-refractivity contribution in [3.05, 3.63) is 36.0 Å². The average molecular weight is 122 g/mol. The van der Waals surface area contributed by atoms with Crippen LogP contribution in [0.25, 0.3) is 0 Å². The van der Waals surface area contributed by atoms with E-state index >= 15 is 0 Å². The molecule has 0 heterocycles. The lowest BCUT2D eigenvalue weighted by Crippen LogP contribution is -1.75. The van der Waals surface area contributed by atoms with Crippen LogP contribution in [0.15, 0.2) is 36.0 Å². The van der Waals surface area contributed by atoms with Crippen LogP contribution in [-0.4, -0.2) is 0 Å². The van der Waals surface area contributed by atoms with Gasteiger partial charge in [0.2, 0.25) is 0 Å². The van der Waals surface area contributed by atoms with Gasteiger partial charge in [-0.3, -0.25) is 0 Å². The Morgan fingerprint density at radius 1 is 1.11 bits per heavy atom. The van der Waals surface area contributed by atoms with Crippen LogP contribution < -0.4 is 0 Å². The van der Waals surface area contributed by atoms with E-state index in [4.69, 9.17) is 0 Å². The van der Waals surface area contributed by atoms with E-state index in [2.05, 4.69) is 13.2 Å². The van der Waals surface area contributed by atoms with Crippen LogP contribution in [0.3, 0.4) is 0 Å². The Hall–Kier alpha value is -0.780. The summed E-state index contributed by atoms with van der Waals surface area (Å²) in [4.78, 5) is 0. The number of allylic oxidation sites excluding steroid dienone is 4. The van der Waals surface area contributed by atoms with Crippen molar-refractivity contribution in [2.45, 2.75) is 20.8 Å². The van der Waals surface area contributed by atoms with Crippen LogP contribution in [0, 0.1) is 0 Å². The van der Waals surface area contributed by atoms with Gasteiger partial charge >= 0.3 is 0 Å². The molecule has 9 heavy (non-hydrogen) atoms. The minimum Gasteiger partial charge on any atom is -0.0955 e. The fourth-order valence-corrected chi connectivity index (χ4v) is 0.472. The fraction of sp³-hybridized carbons (Fsp3) is 0.333. The molecule has 0 radical (unpaired) electrons. The van der Waals surface area contributed by atoms with Crippen LogP contribution >= 0.6 is 0 Å². The van der Waals surface area contributed by atoms with E-state index in [0.717, 1.165) is 11.1 Å². The van der Waals surface area contributed by atoms with E-state index in [9.17, 15) is 0 Å². The van der Waals surface area contributed by atoms with Crippen molar-refractivity contribution < 1.29 is 0 Å². The predicted octanol–water partition coefficient (Wildman–Crippen LogP) is 3.08. The maximum absolute atomic E-state index is 3.82. The Morgan fingerprint density at radius 2 is 1.56 bits per heavy atom. The summed E-state index contributed by atoms with van der Waals surface area (Å²) in [7, 11) is 0. The molecule has 0 N–H and O–H groups in total. The molecule has 0 saturated carbocycles. The third kappa shape index (κ3) is 3.77. The molecule has 0 nitrogen and oxygen atoms in total. The molecule has 0 saturated heterocycles. The average Bonchev–Trinajstić information content (AvgIpc) is 1.63. The molecule has 50 valence electrons. The standard InChI is InChI=1S/C9H14/c1-7(2)6-9(5)8(3)4/h6H,3,5H2,1-2,4H3. The van der Waals surface area contributed by atoms with Gasteiger partial charge in [0.05, 0.1) is 0 Å². The van der Waals surface area contributed by atoms with Crippen LogP contribution in [0.5, 0.6) is 0 Å². The molecular weight excluding hydrogens is 108 g/mol. The van der Waals surface area contributed by atoms with Crippen molar-refractivity contribution in [1.29, 1.82) is 0 Å². The lowest BCUT2D eigenvalue weighted by Gasteiger charge is -1.96. The molecule has 0 bridgehead atoms. The van der Waals surface area contributed by atoms with Gasteiger partial charge in [-0.25, -0.2) is 0 Å². The molecule has 0 amide bonds. The first kappa shape index (κ1) is 8.22. The molecule has 0 aromatic heterocycles. The highest BCUT2D eigenvalue weighted by Crippen LogP contribution is 2.07. The van der Waals surface area contributed by atoms with Crippen molar-refractivity contribution in [2.24, 2.45) is 0 Å². The summed E-state index contributed by atoms with van der Waals surface area (Å²) in [6.45, 7) is 13.6. The Balaban J connectivity index is 4.09. The first-order valence-electron chi connectivity index (χ1n) is 3.03. The highest BCUT2D eigenvalue weighted by molar-refractivity contribution is 5.34. The zero-order valence-electron chi connectivity index (χ0n) is 6.49. The van der Waals surface area contributed by atoms with E-state index in [1.165, 1.54) is 5.57 Å². The van der Waals surface area contributed by atoms with Crippen molar-refractivity contribution in [3.8, 4) is 0 Å². The molecule has 0 aromatic rings. The smallest absolute Gasteiger partial charge is 0.0306 e. The van der Waals surface area contributed by atoms with Gasteiger partial charge in [-0.15, -0.1) is 0 Å². The highest BCUT2D eigenvalue weighted by atomic mass is 13.9. The summed E-state index contributed by atoms with van der Waals surface area (Å²) in [6, 6.07) is 0. The van der Waals surface area contributed by atoms with Gasteiger partial charge < -0.3 is 0 Å². The third-order valence-corrected chi connectivity index (χ3v) is 1.01. The first-order chi connectivity index (χ1) is 4.04. The molecule has 0 spiro atoms. The van der Waals surface area contributed by atoms with E-state index in [1.54, 1.807) is 0 Å². The van der Waals surface area contributed by atoms with E-state index in [0.29, 0.717) is 0 Å². The molecule has 0 aliphatic rings. The number of rotatable bonds is 2. The Bertz CT molecular complexity index is 155. The zero-order valence-corrected chi connectivity index (χ0v) is 6.49. The maximum Gasteiger partial charge on any atom is -0.0306 e. The maximum atomic E-state index is 3.82. The molecule has 0 atom stereocenters. The predicted molar refractivity (Wildman–Crippen MR) is 43.4 cm³/mol. The lowest BCUT2D eigenvalue weighted by atomic mass is 10.1. The van der Waals surface area contributed by atoms with Gasteiger partial charge in [-0.2, -0.15) is 0 Å². The second-order valence-electron chi connectivity index (χ2n) is 2.53. The molecule has 0 rings (SSSR count). The largest absolute Gasteiger partial charge is 0.0955 e. The van der Waals surface area contributed by atoms with Crippen molar-refractivity contribution in [3.63, 3.8) is 0 Å². The van der Waals surface area contributed by atoms with Crippen molar-refractivity contribution >= 4 is 0 Å². The lowest BCUT2D eigenvalue weighted by molar-refractivity contribution is 1.35. The molecule has 0 unspecified atom stereocenters. The Kier molecular flexibility index (Phi) is 3.00. The van der Waals surface area contributed by atoms with Gasteiger partial charge in [0, 0.05) is 0 Å². The second kappa shape index (κ2) is 3.29. The monoisotopic (exact) mass is 122 g/mol. The van der Waals surface area contributed by atoms with E-state index in [-0.39, 0.29) is 0 Å². The quantitative estimate of drug-likeness (QED) is 0.494. The number of hydrogen-bond donors (Lipinski definition) is 0. The van der Waals surface area contributed by atoms with Crippen LogP contribution in [-0.2, 0) is 0 Å². The van der Waals surface area contributed by atoms with Crippen molar-refractivity contribution in [1.82, 2.24) is 0 Å². The zero-order chi connectivity index (χ0) is 7.44. The van der Waals surface area contributed by atoms with Gasteiger partial charge in [-0.1, -0.05) is 30.4 Å². The van der Waals surface area contributed by atoms with Gasteiger partial charge in [0.1, 0.15) is 0 Å².